The zero-order valence-electron chi connectivity index (χ0n) is 12.5. The van der Waals surface area contributed by atoms with Gasteiger partial charge in [0, 0.05) is 24.9 Å². The van der Waals surface area contributed by atoms with Crippen molar-refractivity contribution in [1.29, 1.82) is 0 Å². The number of hydrogen-bond donors (Lipinski definition) is 2. The standard InChI is InChI=1S/C14H24N2O2S.ClH/c1-11(2)14(3,10-15)16-9-12-5-7-13(8-6-12)19(4,17)18;/h5-8,11,16H,9-10,15H2,1-4H3;1H. The highest BCUT2D eigenvalue weighted by atomic mass is 35.5. The number of nitrogens with one attached hydrogen (secondary N) is 1. The summed E-state index contributed by atoms with van der Waals surface area (Å²) in [6, 6.07) is 6.95. The molecule has 116 valence electrons. The normalized spacial score (nSPS) is 14.7. The van der Waals surface area contributed by atoms with E-state index in [1.807, 2.05) is 12.1 Å². The number of benzene rings is 1. The maximum atomic E-state index is 11.4. The van der Waals surface area contributed by atoms with Crippen LogP contribution >= 0.6 is 12.4 Å². The summed E-state index contributed by atoms with van der Waals surface area (Å²) in [7, 11) is -3.12. The summed E-state index contributed by atoms with van der Waals surface area (Å²) in [5.74, 6) is 0.424. The average Bonchev–Trinajstić information content (AvgIpc) is 2.35. The molecule has 0 radical (unpaired) electrons. The van der Waals surface area contributed by atoms with Crippen LogP contribution in [0.1, 0.15) is 26.3 Å². The molecular formula is C14H25ClN2O2S. The lowest BCUT2D eigenvalue weighted by molar-refractivity contribution is 0.267. The van der Waals surface area contributed by atoms with Crippen LogP contribution in [0.5, 0.6) is 0 Å². The Balaban J connectivity index is 0.00000361. The fourth-order valence-electron chi connectivity index (χ4n) is 1.67. The van der Waals surface area contributed by atoms with Crippen molar-refractivity contribution >= 4 is 22.2 Å². The molecule has 0 aliphatic carbocycles. The minimum atomic E-state index is -3.12. The molecule has 0 aliphatic heterocycles. The molecule has 0 saturated heterocycles. The molecule has 4 nitrogen and oxygen atoms in total. The van der Waals surface area contributed by atoms with E-state index in [1.165, 1.54) is 6.26 Å². The largest absolute Gasteiger partial charge is 0.329 e. The Morgan fingerprint density at radius 1 is 1.25 bits per heavy atom. The van der Waals surface area contributed by atoms with Crippen LogP contribution in [0.2, 0.25) is 0 Å². The van der Waals surface area contributed by atoms with Crippen molar-refractivity contribution in [2.45, 2.75) is 37.8 Å². The molecule has 1 rings (SSSR count). The van der Waals surface area contributed by atoms with Gasteiger partial charge in [0.1, 0.15) is 0 Å². The fourth-order valence-corrected chi connectivity index (χ4v) is 2.30. The zero-order chi connectivity index (χ0) is 14.7. The third-order valence-electron chi connectivity index (χ3n) is 3.75. The van der Waals surface area contributed by atoms with Gasteiger partial charge in [0.25, 0.3) is 0 Å². The van der Waals surface area contributed by atoms with Crippen molar-refractivity contribution in [3.8, 4) is 0 Å². The highest BCUT2D eigenvalue weighted by Crippen LogP contribution is 2.16. The summed E-state index contributed by atoms with van der Waals surface area (Å²) >= 11 is 0. The number of nitrogens with two attached hydrogens (primary N) is 1. The summed E-state index contributed by atoms with van der Waals surface area (Å²) in [4.78, 5) is 0.349. The average molecular weight is 321 g/mol. The van der Waals surface area contributed by atoms with Crippen LogP contribution in [-0.4, -0.2) is 26.8 Å². The second-order valence-electron chi connectivity index (χ2n) is 5.55. The number of hydrogen-bond acceptors (Lipinski definition) is 4. The summed E-state index contributed by atoms with van der Waals surface area (Å²) in [6.07, 6.45) is 1.21. The Morgan fingerprint density at radius 2 is 1.75 bits per heavy atom. The Morgan fingerprint density at radius 3 is 2.10 bits per heavy atom. The van der Waals surface area contributed by atoms with Crippen molar-refractivity contribution in [1.82, 2.24) is 5.32 Å². The number of halogens is 1. The van der Waals surface area contributed by atoms with Gasteiger partial charge >= 0.3 is 0 Å². The first kappa shape index (κ1) is 19.4. The lowest BCUT2D eigenvalue weighted by Crippen LogP contribution is -2.52. The van der Waals surface area contributed by atoms with Gasteiger partial charge in [0.15, 0.2) is 9.84 Å². The van der Waals surface area contributed by atoms with Crippen LogP contribution in [0, 0.1) is 5.92 Å². The second kappa shape index (κ2) is 7.41. The summed E-state index contributed by atoms with van der Waals surface area (Å²) in [6.45, 7) is 7.60. The number of rotatable bonds is 6. The third kappa shape index (κ3) is 5.05. The van der Waals surface area contributed by atoms with Crippen LogP contribution < -0.4 is 11.1 Å². The van der Waals surface area contributed by atoms with Crippen LogP contribution in [-0.2, 0) is 16.4 Å². The van der Waals surface area contributed by atoms with Gasteiger partial charge in [-0.2, -0.15) is 0 Å². The van der Waals surface area contributed by atoms with E-state index in [2.05, 4.69) is 26.1 Å². The Kier molecular flexibility index (Phi) is 7.18. The predicted octanol–water partition coefficient (Wildman–Crippen LogP) is 1.97. The lowest BCUT2D eigenvalue weighted by Gasteiger charge is -2.33. The van der Waals surface area contributed by atoms with E-state index in [0.717, 1.165) is 5.56 Å². The smallest absolute Gasteiger partial charge is 0.175 e. The third-order valence-corrected chi connectivity index (χ3v) is 4.87. The van der Waals surface area contributed by atoms with E-state index in [1.54, 1.807) is 12.1 Å². The fraction of sp³-hybridized carbons (Fsp3) is 0.571. The van der Waals surface area contributed by atoms with Crippen LogP contribution in [0.4, 0.5) is 0 Å². The molecule has 1 aromatic rings. The monoisotopic (exact) mass is 320 g/mol. The Hall–Kier alpha value is -0.620. The Labute approximate surface area is 128 Å². The molecule has 20 heavy (non-hydrogen) atoms. The summed E-state index contributed by atoms with van der Waals surface area (Å²) in [5, 5.41) is 3.45. The van der Waals surface area contributed by atoms with E-state index < -0.39 is 9.84 Å². The number of sulfone groups is 1. The van der Waals surface area contributed by atoms with Crippen molar-refractivity contribution in [2.75, 3.05) is 12.8 Å². The maximum Gasteiger partial charge on any atom is 0.175 e. The molecule has 0 aromatic heterocycles. The molecule has 0 saturated carbocycles. The van der Waals surface area contributed by atoms with Gasteiger partial charge in [-0.3, -0.25) is 0 Å². The molecule has 0 amide bonds. The van der Waals surface area contributed by atoms with Gasteiger partial charge in [0.2, 0.25) is 0 Å². The topological polar surface area (TPSA) is 72.2 Å². The molecule has 1 aromatic carbocycles. The minimum absolute atomic E-state index is 0. The van der Waals surface area contributed by atoms with Gasteiger partial charge in [-0.15, -0.1) is 12.4 Å². The lowest BCUT2D eigenvalue weighted by atomic mass is 9.88. The summed E-state index contributed by atoms with van der Waals surface area (Å²) in [5.41, 5.74) is 6.74. The summed E-state index contributed by atoms with van der Waals surface area (Å²) < 4.78 is 22.7. The van der Waals surface area contributed by atoms with Gasteiger partial charge in [-0.25, -0.2) is 8.42 Å². The Bertz CT molecular complexity index is 514. The van der Waals surface area contributed by atoms with Crippen molar-refractivity contribution in [3.05, 3.63) is 29.8 Å². The molecule has 1 unspecified atom stereocenters. The first-order chi connectivity index (χ1) is 8.69. The molecular weight excluding hydrogens is 296 g/mol. The van der Waals surface area contributed by atoms with Crippen molar-refractivity contribution in [3.63, 3.8) is 0 Å². The van der Waals surface area contributed by atoms with E-state index in [-0.39, 0.29) is 17.9 Å². The molecule has 0 spiro atoms. The second-order valence-corrected chi connectivity index (χ2v) is 7.56. The highest BCUT2D eigenvalue weighted by Gasteiger charge is 2.25. The minimum Gasteiger partial charge on any atom is -0.329 e. The van der Waals surface area contributed by atoms with E-state index in [9.17, 15) is 8.42 Å². The van der Waals surface area contributed by atoms with E-state index in [4.69, 9.17) is 5.73 Å². The van der Waals surface area contributed by atoms with Gasteiger partial charge in [0.05, 0.1) is 4.90 Å². The van der Waals surface area contributed by atoms with Crippen LogP contribution in [0.15, 0.2) is 29.2 Å². The molecule has 0 aliphatic rings. The van der Waals surface area contributed by atoms with Gasteiger partial charge < -0.3 is 11.1 Å². The molecule has 0 heterocycles. The van der Waals surface area contributed by atoms with E-state index >= 15 is 0 Å². The quantitative estimate of drug-likeness (QED) is 0.840. The maximum absolute atomic E-state index is 11.4. The molecule has 0 bridgehead atoms. The van der Waals surface area contributed by atoms with Crippen molar-refractivity contribution < 1.29 is 8.42 Å². The predicted molar refractivity (Wildman–Crippen MR) is 85.9 cm³/mol. The van der Waals surface area contributed by atoms with Crippen LogP contribution in [0.25, 0.3) is 0 Å². The highest BCUT2D eigenvalue weighted by molar-refractivity contribution is 7.90. The first-order valence-electron chi connectivity index (χ1n) is 6.43. The molecule has 3 N–H and O–H groups in total. The zero-order valence-corrected chi connectivity index (χ0v) is 14.1. The molecule has 1 atom stereocenters. The van der Waals surface area contributed by atoms with Gasteiger partial charge in [-0.1, -0.05) is 26.0 Å². The molecule has 6 heteroatoms. The van der Waals surface area contributed by atoms with Gasteiger partial charge in [-0.05, 0) is 30.5 Å². The van der Waals surface area contributed by atoms with E-state index in [0.29, 0.717) is 23.9 Å². The SMILES string of the molecule is CC(C)C(C)(CN)NCc1ccc(S(C)(=O)=O)cc1.Cl. The van der Waals surface area contributed by atoms with Crippen molar-refractivity contribution in [2.24, 2.45) is 11.7 Å². The first-order valence-corrected chi connectivity index (χ1v) is 8.32. The molecule has 0 fully saturated rings. The van der Waals surface area contributed by atoms with Crippen LogP contribution in [0.3, 0.4) is 0 Å².